The second-order valence-corrected chi connectivity index (χ2v) is 12.8. The third kappa shape index (κ3) is 3.68. The molecule has 0 aliphatic rings. The summed E-state index contributed by atoms with van der Waals surface area (Å²) in [5.74, 6) is 0. The Morgan fingerprint density at radius 3 is 1.87 bits per heavy atom. The van der Waals surface area contributed by atoms with Gasteiger partial charge in [-0.25, -0.2) is 0 Å². The standard InChI is InChI=1S/C42H25NOS/c1-2-10-29-26(9-1)17-20-31-30-11-3-4-12-32(30)38(25-37(29)31)43(27-18-21-34-33-13-5-7-15-39(33)44-40(34)23-27)28-19-22-36-35-14-6-8-16-41(35)45-42(36)24-28/h1-25H. The Morgan fingerprint density at radius 1 is 0.378 bits per heavy atom. The highest BCUT2D eigenvalue weighted by Crippen LogP contribution is 2.46. The van der Waals surface area contributed by atoms with Crippen molar-refractivity contribution in [2.75, 3.05) is 4.90 Å². The average molecular weight is 592 g/mol. The summed E-state index contributed by atoms with van der Waals surface area (Å²) in [5.41, 5.74) is 5.12. The fraction of sp³-hybridized carbons (Fsp3) is 0. The number of furan rings is 1. The molecule has 10 aromatic rings. The molecule has 0 saturated heterocycles. The molecular weight excluding hydrogens is 567 g/mol. The number of fused-ring (bicyclic) bond motifs is 11. The lowest BCUT2D eigenvalue weighted by Gasteiger charge is -2.28. The largest absolute Gasteiger partial charge is 0.456 e. The van der Waals surface area contributed by atoms with E-state index in [1.165, 1.54) is 52.5 Å². The van der Waals surface area contributed by atoms with Gasteiger partial charge in [-0.2, -0.15) is 0 Å². The van der Waals surface area contributed by atoms with Crippen molar-refractivity contribution in [3.05, 3.63) is 152 Å². The third-order valence-electron chi connectivity index (χ3n) is 9.23. The first-order valence-electron chi connectivity index (χ1n) is 15.3. The monoisotopic (exact) mass is 591 g/mol. The number of hydrogen-bond acceptors (Lipinski definition) is 3. The molecule has 0 unspecified atom stereocenters. The molecule has 0 N–H and O–H groups in total. The Labute approximate surface area is 263 Å². The Morgan fingerprint density at radius 2 is 0.978 bits per heavy atom. The number of rotatable bonds is 3. The Bertz CT molecular complexity index is 2670. The summed E-state index contributed by atoms with van der Waals surface area (Å²) in [5, 5.41) is 12.3. The lowest BCUT2D eigenvalue weighted by atomic mass is 9.95. The molecule has 0 saturated carbocycles. The van der Waals surface area contributed by atoms with Crippen LogP contribution in [0.4, 0.5) is 17.1 Å². The smallest absolute Gasteiger partial charge is 0.137 e. The number of nitrogens with zero attached hydrogens (tertiary/aromatic N) is 1. The summed E-state index contributed by atoms with van der Waals surface area (Å²) in [6, 6.07) is 54.9. The van der Waals surface area contributed by atoms with Gasteiger partial charge >= 0.3 is 0 Å². The van der Waals surface area contributed by atoms with Gasteiger partial charge < -0.3 is 9.32 Å². The first-order chi connectivity index (χ1) is 22.3. The molecule has 0 aliphatic heterocycles. The van der Waals surface area contributed by atoms with Gasteiger partial charge in [0.05, 0.1) is 5.69 Å². The predicted octanol–water partition coefficient (Wildman–Crippen LogP) is 12.9. The van der Waals surface area contributed by atoms with Crippen molar-refractivity contribution in [3.63, 3.8) is 0 Å². The first kappa shape index (κ1) is 24.8. The molecule has 2 aromatic heterocycles. The van der Waals surface area contributed by atoms with Crippen LogP contribution >= 0.6 is 11.3 Å². The van der Waals surface area contributed by atoms with Crippen LogP contribution in [-0.2, 0) is 0 Å². The summed E-state index contributed by atoms with van der Waals surface area (Å²) in [6.07, 6.45) is 0. The summed E-state index contributed by atoms with van der Waals surface area (Å²) < 4.78 is 9.00. The fourth-order valence-electron chi connectivity index (χ4n) is 7.16. The molecule has 0 radical (unpaired) electrons. The molecule has 3 heteroatoms. The predicted molar refractivity (Wildman–Crippen MR) is 194 cm³/mol. The van der Waals surface area contributed by atoms with E-state index in [2.05, 4.69) is 144 Å². The minimum absolute atomic E-state index is 0.886. The van der Waals surface area contributed by atoms with Gasteiger partial charge in [-0.3, -0.25) is 0 Å². The maximum Gasteiger partial charge on any atom is 0.137 e. The molecule has 8 aromatic carbocycles. The van der Waals surface area contributed by atoms with E-state index in [0.717, 1.165) is 39.0 Å². The van der Waals surface area contributed by atoms with Crippen LogP contribution in [-0.4, -0.2) is 0 Å². The SMILES string of the molecule is c1ccc2c(c1)ccc1c3ccccc3c(N(c3ccc4c(c3)oc3ccccc34)c3ccc4c(c3)sc3ccccc34)cc21. The van der Waals surface area contributed by atoms with Gasteiger partial charge in [0, 0.05) is 53.8 Å². The zero-order valence-electron chi connectivity index (χ0n) is 24.2. The highest BCUT2D eigenvalue weighted by molar-refractivity contribution is 7.25. The van der Waals surface area contributed by atoms with E-state index in [4.69, 9.17) is 4.42 Å². The molecule has 0 spiro atoms. The van der Waals surface area contributed by atoms with E-state index < -0.39 is 0 Å². The van der Waals surface area contributed by atoms with Crippen LogP contribution in [0.2, 0.25) is 0 Å². The summed E-state index contributed by atoms with van der Waals surface area (Å²) >= 11 is 1.85. The molecule has 0 amide bonds. The second-order valence-electron chi connectivity index (χ2n) is 11.7. The van der Waals surface area contributed by atoms with Crippen molar-refractivity contribution in [2.45, 2.75) is 0 Å². The molecule has 10 rings (SSSR count). The second kappa shape index (κ2) is 9.43. The van der Waals surface area contributed by atoms with Crippen LogP contribution in [0.1, 0.15) is 0 Å². The lowest BCUT2D eigenvalue weighted by Crippen LogP contribution is -2.10. The number of para-hydroxylation sites is 1. The first-order valence-corrected chi connectivity index (χ1v) is 16.1. The zero-order valence-corrected chi connectivity index (χ0v) is 25.0. The summed E-state index contributed by atoms with van der Waals surface area (Å²) in [6.45, 7) is 0. The van der Waals surface area contributed by atoms with Gasteiger partial charge in [0.2, 0.25) is 0 Å². The maximum absolute atomic E-state index is 6.42. The molecule has 45 heavy (non-hydrogen) atoms. The van der Waals surface area contributed by atoms with Gasteiger partial charge in [-0.1, -0.05) is 103 Å². The highest BCUT2D eigenvalue weighted by atomic mass is 32.1. The number of benzene rings is 8. The summed E-state index contributed by atoms with van der Waals surface area (Å²) in [7, 11) is 0. The third-order valence-corrected chi connectivity index (χ3v) is 10.4. The van der Waals surface area contributed by atoms with E-state index in [9.17, 15) is 0 Å². The normalized spacial score (nSPS) is 12.0. The quantitative estimate of drug-likeness (QED) is 0.190. The number of anilines is 3. The van der Waals surface area contributed by atoms with Crippen molar-refractivity contribution in [1.82, 2.24) is 0 Å². The molecule has 0 atom stereocenters. The molecule has 0 bridgehead atoms. The van der Waals surface area contributed by atoms with Gasteiger partial charge in [0.25, 0.3) is 0 Å². The van der Waals surface area contributed by atoms with Crippen LogP contribution in [0.15, 0.2) is 156 Å². The summed E-state index contributed by atoms with van der Waals surface area (Å²) in [4.78, 5) is 2.42. The van der Waals surface area contributed by atoms with E-state index in [0.29, 0.717) is 0 Å². The van der Waals surface area contributed by atoms with Crippen molar-refractivity contribution in [1.29, 1.82) is 0 Å². The van der Waals surface area contributed by atoms with Crippen molar-refractivity contribution < 1.29 is 4.42 Å². The minimum atomic E-state index is 0.886. The maximum atomic E-state index is 6.42. The van der Waals surface area contributed by atoms with E-state index in [1.807, 2.05) is 23.5 Å². The fourth-order valence-corrected chi connectivity index (χ4v) is 8.30. The average Bonchev–Trinajstić information content (AvgIpc) is 3.66. The van der Waals surface area contributed by atoms with Crippen LogP contribution in [0, 0.1) is 0 Å². The van der Waals surface area contributed by atoms with Gasteiger partial charge in [0.15, 0.2) is 0 Å². The number of hydrogen-bond donors (Lipinski definition) is 0. The van der Waals surface area contributed by atoms with Gasteiger partial charge in [-0.05, 0) is 69.4 Å². The van der Waals surface area contributed by atoms with Crippen molar-refractivity contribution in [2.24, 2.45) is 0 Å². The van der Waals surface area contributed by atoms with Crippen molar-refractivity contribution >= 4 is 103 Å². The van der Waals surface area contributed by atoms with Crippen molar-refractivity contribution in [3.8, 4) is 0 Å². The minimum Gasteiger partial charge on any atom is -0.456 e. The highest BCUT2D eigenvalue weighted by Gasteiger charge is 2.20. The Hall–Kier alpha value is -5.64. The van der Waals surface area contributed by atoms with E-state index in [1.54, 1.807) is 0 Å². The molecule has 2 nitrogen and oxygen atoms in total. The number of thiophene rings is 1. The van der Waals surface area contributed by atoms with Gasteiger partial charge in [-0.15, -0.1) is 11.3 Å². The zero-order chi connectivity index (χ0) is 29.5. The van der Waals surface area contributed by atoms with Crippen LogP contribution < -0.4 is 4.90 Å². The van der Waals surface area contributed by atoms with Gasteiger partial charge in [0.1, 0.15) is 11.2 Å². The van der Waals surface area contributed by atoms with E-state index >= 15 is 0 Å². The topological polar surface area (TPSA) is 16.4 Å². The van der Waals surface area contributed by atoms with Crippen LogP contribution in [0.5, 0.6) is 0 Å². The molecule has 0 aliphatic carbocycles. The van der Waals surface area contributed by atoms with Crippen LogP contribution in [0.25, 0.3) is 74.4 Å². The Balaban J connectivity index is 1.31. The molecule has 0 fully saturated rings. The molecular formula is C42H25NOS. The molecule has 210 valence electrons. The lowest BCUT2D eigenvalue weighted by molar-refractivity contribution is 0.669. The Kier molecular flexibility index (Phi) is 5.19. The molecule has 2 heterocycles. The van der Waals surface area contributed by atoms with E-state index in [-0.39, 0.29) is 0 Å². The van der Waals surface area contributed by atoms with Crippen LogP contribution in [0.3, 0.4) is 0 Å².